The van der Waals surface area contributed by atoms with Gasteiger partial charge < -0.3 is 0 Å². The smallest absolute Gasteiger partial charge is 0.204 e. The lowest BCUT2D eigenvalue weighted by Gasteiger charge is -1.97. The number of carbonyl (C=O) groups is 1. The fraction of sp³-hybridized carbons (Fsp3) is 0.154. The summed E-state index contributed by atoms with van der Waals surface area (Å²) in [6.45, 7) is 3.31. The van der Waals surface area contributed by atoms with E-state index in [1.165, 1.54) is 18.3 Å². The molecule has 104 valence electrons. The van der Waals surface area contributed by atoms with E-state index in [4.69, 9.17) is 23.2 Å². The van der Waals surface area contributed by atoms with Crippen LogP contribution in [0.3, 0.4) is 0 Å². The number of ketones is 1. The van der Waals surface area contributed by atoms with Crippen molar-refractivity contribution in [3.05, 3.63) is 44.4 Å². The Morgan fingerprint density at radius 1 is 1.40 bits per heavy atom. The summed E-state index contributed by atoms with van der Waals surface area (Å²) in [6, 6.07) is 5.21. The molecule has 2 aromatic rings. The molecule has 0 spiro atoms. The van der Waals surface area contributed by atoms with Crippen LogP contribution in [0.15, 0.2) is 23.3 Å². The molecule has 1 aromatic heterocycles. The van der Waals surface area contributed by atoms with Gasteiger partial charge in [0.15, 0.2) is 5.78 Å². The number of nitrogens with zero attached hydrogens (tertiary/aromatic N) is 2. The zero-order chi connectivity index (χ0) is 14.7. The molecule has 20 heavy (non-hydrogen) atoms. The normalized spacial score (nSPS) is 11.0. The van der Waals surface area contributed by atoms with Gasteiger partial charge in [-0.2, -0.15) is 5.10 Å². The van der Waals surface area contributed by atoms with E-state index in [0.717, 1.165) is 5.56 Å². The van der Waals surface area contributed by atoms with Gasteiger partial charge in [0, 0.05) is 6.92 Å². The molecular formula is C13H11Cl2N3OS. The summed E-state index contributed by atoms with van der Waals surface area (Å²) in [7, 11) is 0. The van der Waals surface area contributed by atoms with Crippen LogP contribution in [0, 0.1) is 6.92 Å². The summed E-state index contributed by atoms with van der Waals surface area (Å²) >= 11 is 13.0. The predicted octanol–water partition coefficient (Wildman–Crippen LogP) is 4.41. The van der Waals surface area contributed by atoms with Gasteiger partial charge in [0.05, 0.1) is 26.8 Å². The standard InChI is InChI=1S/C13H11Cl2N3OS/c1-7-12(8(2)19)20-13(17-7)18-16-6-9-3-4-10(14)11(15)5-9/h3-6H,1-2H3,(H,17,18). The Labute approximate surface area is 130 Å². The van der Waals surface area contributed by atoms with E-state index in [1.807, 2.05) is 0 Å². The molecule has 0 radical (unpaired) electrons. The average Bonchev–Trinajstić information content (AvgIpc) is 2.75. The second kappa shape index (κ2) is 6.35. The summed E-state index contributed by atoms with van der Waals surface area (Å²) in [5, 5.41) is 5.60. The lowest BCUT2D eigenvalue weighted by molar-refractivity contribution is 0.102. The van der Waals surface area contributed by atoms with E-state index in [0.29, 0.717) is 25.7 Å². The van der Waals surface area contributed by atoms with Crippen molar-refractivity contribution in [3.63, 3.8) is 0 Å². The predicted molar refractivity (Wildman–Crippen MR) is 84.5 cm³/mol. The maximum Gasteiger partial charge on any atom is 0.204 e. The average molecular weight is 328 g/mol. The molecular weight excluding hydrogens is 317 g/mol. The van der Waals surface area contributed by atoms with Crippen molar-refractivity contribution in [1.82, 2.24) is 4.98 Å². The van der Waals surface area contributed by atoms with Crippen molar-refractivity contribution in [2.75, 3.05) is 5.43 Å². The van der Waals surface area contributed by atoms with E-state index in [9.17, 15) is 4.79 Å². The quantitative estimate of drug-likeness (QED) is 0.514. The molecule has 0 aliphatic carbocycles. The summed E-state index contributed by atoms with van der Waals surface area (Å²) in [5.41, 5.74) is 4.31. The van der Waals surface area contributed by atoms with E-state index >= 15 is 0 Å². The third-order valence-corrected chi connectivity index (χ3v) is 4.34. The number of thiazole rings is 1. The van der Waals surface area contributed by atoms with E-state index in [1.54, 1.807) is 31.3 Å². The molecule has 0 atom stereocenters. The fourth-order valence-electron chi connectivity index (χ4n) is 1.53. The highest BCUT2D eigenvalue weighted by molar-refractivity contribution is 7.17. The highest BCUT2D eigenvalue weighted by Crippen LogP contribution is 2.23. The van der Waals surface area contributed by atoms with Crippen molar-refractivity contribution in [2.45, 2.75) is 13.8 Å². The Hall–Kier alpha value is -1.43. The van der Waals surface area contributed by atoms with Gasteiger partial charge in [0.1, 0.15) is 0 Å². The Morgan fingerprint density at radius 2 is 2.15 bits per heavy atom. The third-order valence-electron chi connectivity index (χ3n) is 2.43. The Kier molecular flexibility index (Phi) is 4.75. The van der Waals surface area contributed by atoms with E-state index in [2.05, 4.69) is 15.5 Å². The van der Waals surface area contributed by atoms with Crippen molar-refractivity contribution in [2.24, 2.45) is 5.10 Å². The first-order valence-corrected chi connectivity index (χ1v) is 7.27. The highest BCUT2D eigenvalue weighted by atomic mass is 35.5. The number of hydrogen-bond donors (Lipinski definition) is 1. The largest absolute Gasteiger partial charge is 0.294 e. The van der Waals surface area contributed by atoms with Crippen LogP contribution in [0.4, 0.5) is 5.13 Å². The number of hydrazone groups is 1. The molecule has 7 heteroatoms. The molecule has 0 unspecified atom stereocenters. The van der Waals surface area contributed by atoms with Gasteiger partial charge >= 0.3 is 0 Å². The number of hydrogen-bond acceptors (Lipinski definition) is 5. The SMILES string of the molecule is CC(=O)c1sc(NN=Cc2ccc(Cl)c(Cl)c2)nc1C. The van der Waals surface area contributed by atoms with Gasteiger partial charge in [-0.1, -0.05) is 40.6 Å². The first-order valence-electron chi connectivity index (χ1n) is 5.70. The number of benzene rings is 1. The van der Waals surface area contributed by atoms with Gasteiger partial charge in [-0.25, -0.2) is 4.98 Å². The summed E-state index contributed by atoms with van der Waals surface area (Å²) in [6.07, 6.45) is 1.60. The van der Waals surface area contributed by atoms with Crippen molar-refractivity contribution in [3.8, 4) is 0 Å². The summed E-state index contributed by atoms with van der Waals surface area (Å²) in [5.74, 6) is 0.00140. The van der Waals surface area contributed by atoms with Gasteiger partial charge in [-0.15, -0.1) is 0 Å². The maximum atomic E-state index is 11.3. The van der Waals surface area contributed by atoms with Gasteiger partial charge in [-0.3, -0.25) is 10.2 Å². The number of carbonyl (C=O) groups excluding carboxylic acids is 1. The van der Waals surface area contributed by atoms with Gasteiger partial charge in [0.2, 0.25) is 5.13 Å². The number of rotatable bonds is 4. The molecule has 0 saturated heterocycles. The first kappa shape index (κ1) is 15.0. The number of nitrogens with one attached hydrogen (secondary N) is 1. The van der Waals surface area contributed by atoms with Gasteiger partial charge in [-0.05, 0) is 24.6 Å². The number of Topliss-reactive ketones (excluding diaryl/α,β-unsaturated/α-hetero) is 1. The molecule has 1 N–H and O–H groups in total. The minimum atomic E-state index is 0.00140. The van der Waals surface area contributed by atoms with Crippen LogP contribution in [-0.2, 0) is 0 Å². The van der Waals surface area contributed by atoms with Crippen LogP contribution in [0.5, 0.6) is 0 Å². The number of halogens is 2. The molecule has 0 fully saturated rings. The molecule has 0 amide bonds. The second-order valence-electron chi connectivity index (χ2n) is 4.03. The minimum Gasteiger partial charge on any atom is -0.294 e. The first-order chi connectivity index (χ1) is 9.47. The second-order valence-corrected chi connectivity index (χ2v) is 5.85. The molecule has 2 rings (SSSR count). The molecule has 1 aromatic carbocycles. The van der Waals surface area contributed by atoms with Crippen LogP contribution in [-0.4, -0.2) is 17.0 Å². The van der Waals surface area contributed by atoms with Crippen LogP contribution >= 0.6 is 34.5 Å². The highest BCUT2D eigenvalue weighted by Gasteiger charge is 2.10. The Morgan fingerprint density at radius 3 is 2.75 bits per heavy atom. The number of aromatic nitrogens is 1. The molecule has 0 aliphatic heterocycles. The van der Waals surface area contributed by atoms with Crippen LogP contribution in [0.25, 0.3) is 0 Å². The summed E-state index contributed by atoms with van der Waals surface area (Å²) in [4.78, 5) is 16.2. The summed E-state index contributed by atoms with van der Waals surface area (Å²) < 4.78 is 0. The monoisotopic (exact) mass is 327 g/mol. The van der Waals surface area contributed by atoms with Crippen molar-refractivity contribution >= 4 is 51.7 Å². The minimum absolute atomic E-state index is 0.00140. The third kappa shape index (κ3) is 3.56. The number of aryl methyl sites for hydroxylation is 1. The fourth-order valence-corrected chi connectivity index (χ4v) is 2.64. The van der Waals surface area contributed by atoms with Gasteiger partial charge in [0.25, 0.3) is 0 Å². The lowest BCUT2D eigenvalue weighted by atomic mass is 10.2. The van der Waals surface area contributed by atoms with Crippen LogP contribution in [0.1, 0.15) is 27.9 Å². The number of anilines is 1. The van der Waals surface area contributed by atoms with Crippen LogP contribution < -0.4 is 5.43 Å². The molecule has 0 saturated carbocycles. The van der Waals surface area contributed by atoms with Crippen LogP contribution in [0.2, 0.25) is 10.0 Å². The zero-order valence-electron chi connectivity index (χ0n) is 10.8. The van der Waals surface area contributed by atoms with Crippen molar-refractivity contribution in [1.29, 1.82) is 0 Å². The van der Waals surface area contributed by atoms with E-state index < -0.39 is 0 Å². The zero-order valence-corrected chi connectivity index (χ0v) is 13.1. The maximum absolute atomic E-state index is 11.3. The molecule has 1 heterocycles. The van der Waals surface area contributed by atoms with Crippen molar-refractivity contribution < 1.29 is 4.79 Å². The molecule has 0 bridgehead atoms. The van der Waals surface area contributed by atoms with E-state index in [-0.39, 0.29) is 5.78 Å². The Balaban J connectivity index is 2.08. The lowest BCUT2D eigenvalue weighted by Crippen LogP contribution is -1.90. The molecule has 0 aliphatic rings. The Bertz CT molecular complexity index is 682. The topological polar surface area (TPSA) is 54.4 Å². The molecule has 4 nitrogen and oxygen atoms in total.